The number of amides is 1. The Morgan fingerprint density at radius 3 is 2.83 bits per heavy atom. The third-order valence-corrected chi connectivity index (χ3v) is 5.10. The third kappa shape index (κ3) is 3.49. The normalized spacial score (nSPS) is 14.8. The molecule has 0 radical (unpaired) electrons. The fourth-order valence-electron chi connectivity index (χ4n) is 3.60. The van der Waals surface area contributed by atoms with E-state index >= 15 is 0 Å². The van der Waals surface area contributed by atoms with Crippen LogP contribution in [0.1, 0.15) is 22.7 Å². The molecule has 0 atom stereocenters. The Bertz CT molecular complexity index is 1170. The van der Waals surface area contributed by atoms with Gasteiger partial charge in [0.25, 0.3) is 11.9 Å². The lowest BCUT2D eigenvalue weighted by Gasteiger charge is -2.21. The van der Waals surface area contributed by atoms with Gasteiger partial charge < -0.3 is 18.7 Å². The second-order valence-electron chi connectivity index (χ2n) is 7.17. The highest BCUT2D eigenvalue weighted by Crippen LogP contribution is 2.22. The first-order valence-electron chi connectivity index (χ1n) is 9.84. The van der Waals surface area contributed by atoms with Gasteiger partial charge in [-0.2, -0.15) is 9.97 Å². The van der Waals surface area contributed by atoms with Gasteiger partial charge in [0.1, 0.15) is 5.52 Å². The number of aryl methyl sites for hydroxylation is 1. The average molecular weight is 404 g/mol. The van der Waals surface area contributed by atoms with Gasteiger partial charge in [-0.05, 0) is 30.7 Å². The Labute approximate surface area is 172 Å². The van der Waals surface area contributed by atoms with Crippen molar-refractivity contribution in [3.63, 3.8) is 0 Å². The molecule has 0 unspecified atom stereocenters. The van der Waals surface area contributed by atoms with Crippen LogP contribution in [0.5, 0.6) is 0 Å². The molecule has 152 valence electrons. The summed E-state index contributed by atoms with van der Waals surface area (Å²) in [6.45, 7) is 4.39. The van der Waals surface area contributed by atoms with E-state index in [0.717, 1.165) is 24.0 Å². The SMILES string of the molecule is Cc1nc(-c2cccc(C(=O)N3CCCN(c4nc5cccnc5o4)CC3)c2)no1. The van der Waals surface area contributed by atoms with Crippen LogP contribution in [0, 0.1) is 6.92 Å². The zero-order valence-electron chi connectivity index (χ0n) is 16.5. The zero-order chi connectivity index (χ0) is 20.5. The van der Waals surface area contributed by atoms with Crippen LogP contribution in [0.4, 0.5) is 6.01 Å². The van der Waals surface area contributed by atoms with Gasteiger partial charge in [0.05, 0.1) is 0 Å². The summed E-state index contributed by atoms with van der Waals surface area (Å²) >= 11 is 0. The molecule has 4 aromatic rings. The smallest absolute Gasteiger partial charge is 0.299 e. The fraction of sp³-hybridized carbons (Fsp3) is 0.286. The Kier molecular flexibility index (Phi) is 4.62. The fourth-order valence-corrected chi connectivity index (χ4v) is 3.60. The van der Waals surface area contributed by atoms with Gasteiger partial charge in [-0.3, -0.25) is 4.79 Å². The number of carbonyl (C=O) groups excluding carboxylic acids is 1. The van der Waals surface area contributed by atoms with Crippen LogP contribution in [0.3, 0.4) is 0 Å². The minimum Gasteiger partial charge on any atom is -0.404 e. The van der Waals surface area contributed by atoms with E-state index in [1.165, 1.54) is 0 Å². The molecule has 0 bridgehead atoms. The monoisotopic (exact) mass is 404 g/mol. The number of hydrogen-bond donors (Lipinski definition) is 0. The first-order valence-corrected chi connectivity index (χ1v) is 9.84. The molecule has 0 saturated carbocycles. The molecule has 9 heteroatoms. The summed E-state index contributed by atoms with van der Waals surface area (Å²) in [4.78, 5) is 30.0. The van der Waals surface area contributed by atoms with Crippen LogP contribution in [0.25, 0.3) is 22.6 Å². The van der Waals surface area contributed by atoms with Gasteiger partial charge in [-0.15, -0.1) is 0 Å². The van der Waals surface area contributed by atoms with Crippen LogP contribution in [0.15, 0.2) is 51.5 Å². The highest BCUT2D eigenvalue weighted by Gasteiger charge is 2.23. The van der Waals surface area contributed by atoms with Crippen LogP contribution in [-0.4, -0.2) is 57.1 Å². The lowest BCUT2D eigenvalue weighted by molar-refractivity contribution is 0.0767. The number of pyridine rings is 1. The van der Waals surface area contributed by atoms with Crippen molar-refractivity contribution < 1.29 is 13.7 Å². The lowest BCUT2D eigenvalue weighted by Crippen LogP contribution is -2.35. The van der Waals surface area contributed by atoms with E-state index in [1.54, 1.807) is 13.1 Å². The predicted molar refractivity (Wildman–Crippen MR) is 109 cm³/mol. The van der Waals surface area contributed by atoms with E-state index in [2.05, 4.69) is 25.0 Å². The van der Waals surface area contributed by atoms with Crippen molar-refractivity contribution in [1.82, 2.24) is 25.0 Å². The van der Waals surface area contributed by atoms with Crippen molar-refractivity contribution in [3.05, 3.63) is 54.0 Å². The van der Waals surface area contributed by atoms with Crippen molar-refractivity contribution in [3.8, 4) is 11.4 Å². The summed E-state index contributed by atoms with van der Waals surface area (Å²) in [5, 5.41) is 3.94. The molecule has 1 fully saturated rings. The van der Waals surface area contributed by atoms with Gasteiger partial charge in [0.2, 0.25) is 17.4 Å². The molecule has 9 nitrogen and oxygen atoms in total. The highest BCUT2D eigenvalue weighted by atomic mass is 16.5. The van der Waals surface area contributed by atoms with E-state index in [0.29, 0.717) is 48.6 Å². The molecule has 1 saturated heterocycles. The summed E-state index contributed by atoms with van der Waals surface area (Å²) in [5.41, 5.74) is 2.62. The summed E-state index contributed by atoms with van der Waals surface area (Å²) < 4.78 is 10.8. The number of aromatic nitrogens is 4. The second-order valence-corrected chi connectivity index (χ2v) is 7.17. The maximum absolute atomic E-state index is 13.1. The van der Waals surface area contributed by atoms with Crippen molar-refractivity contribution >= 4 is 23.2 Å². The van der Waals surface area contributed by atoms with E-state index in [9.17, 15) is 4.79 Å². The molecular weight excluding hydrogens is 384 g/mol. The van der Waals surface area contributed by atoms with Gasteiger partial charge in [0, 0.05) is 50.4 Å². The van der Waals surface area contributed by atoms with E-state index in [4.69, 9.17) is 8.94 Å². The molecule has 1 aliphatic rings. The van der Waals surface area contributed by atoms with Crippen molar-refractivity contribution in [2.24, 2.45) is 0 Å². The maximum Gasteiger partial charge on any atom is 0.299 e. The number of benzene rings is 1. The maximum atomic E-state index is 13.1. The molecular formula is C21H20N6O3. The number of nitrogens with zero attached hydrogens (tertiary/aromatic N) is 6. The number of carbonyl (C=O) groups is 1. The van der Waals surface area contributed by atoms with Crippen molar-refractivity contribution in [2.75, 3.05) is 31.1 Å². The molecule has 3 aromatic heterocycles. The Balaban J connectivity index is 1.31. The summed E-state index contributed by atoms with van der Waals surface area (Å²) in [6.07, 6.45) is 2.51. The highest BCUT2D eigenvalue weighted by molar-refractivity contribution is 5.95. The summed E-state index contributed by atoms with van der Waals surface area (Å²) in [6, 6.07) is 11.6. The predicted octanol–water partition coefficient (Wildman–Crippen LogP) is 2.93. The van der Waals surface area contributed by atoms with Crippen LogP contribution >= 0.6 is 0 Å². The quantitative estimate of drug-likeness (QED) is 0.514. The van der Waals surface area contributed by atoms with E-state index < -0.39 is 0 Å². The average Bonchev–Trinajstić information content (AvgIpc) is 3.32. The molecule has 1 aromatic carbocycles. The minimum atomic E-state index is -0.0156. The molecule has 0 N–H and O–H groups in total. The number of anilines is 1. The van der Waals surface area contributed by atoms with Crippen LogP contribution < -0.4 is 4.90 Å². The van der Waals surface area contributed by atoms with Crippen molar-refractivity contribution in [1.29, 1.82) is 0 Å². The molecule has 30 heavy (non-hydrogen) atoms. The lowest BCUT2D eigenvalue weighted by atomic mass is 10.1. The molecule has 5 rings (SSSR count). The van der Waals surface area contributed by atoms with Gasteiger partial charge in [-0.25, -0.2) is 4.98 Å². The molecule has 4 heterocycles. The number of oxazole rings is 1. The first kappa shape index (κ1) is 18.3. The van der Waals surface area contributed by atoms with Crippen molar-refractivity contribution in [2.45, 2.75) is 13.3 Å². The van der Waals surface area contributed by atoms with Crippen LogP contribution in [0.2, 0.25) is 0 Å². The molecule has 1 aliphatic heterocycles. The summed E-state index contributed by atoms with van der Waals surface area (Å²) in [5.74, 6) is 0.954. The number of fused-ring (bicyclic) bond motifs is 1. The standard InChI is InChI=1S/C21H20N6O3/c1-14-23-18(25-30-14)15-5-2-6-16(13-15)20(28)26-9-4-10-27(12-11-26)21-24-17-7-3-8-22-19(17)29-21/h2-3,5-8,13H,4,9-12H2,1H3. The number of hydrogen-bond acceptors (Lipinski definition) is 8. The van der Waals surface area contributed by atoms with Gasteiger partial charge in [0.15, 0.2) is 0 Å². The number of rotatable bonds is 3. The molecule has 0 spiro atoms. The van der Waals surface area contributed by atoms with E-state index in [-0.39, 0.29) is 5.91 Å². The first-order chi connectivity index (χ1) is 14.7. The Morgan fingerprint density at radius 1 is 1.07 bits per heavy atom. The van der Waals surface area contributed by atoms with E-state index in [1.807, 2.05) is 41.3 Å². The zero-order valence-corrected chi connectivity index (χ0v) is 16.5. The van der Waals surface area contributed by atoms with Gasteiger partial charge >= 0.3 is 0 Å². The molecule has 1 amide bonds. The second kappa shape index (κ2) is 7.58. The molecule has 0 aliphatic carbocycles. The summed E-state index contributed by atoms with van der Waals surface area (Å²) in [7, 11) is 0. The van der Waals surface area contributed by atoms with Gasteiger partial charge in [-0.1, -0.05) is 17.3 Å². The topological polar surface area (TPSA) is 101 Å². The Hall–Kier alpha value is -3.75. The largest absolute Gasteiger partial charge is 0.404 e. The minimum absolute atomic E-state index is 0.0156. The third-order valence-electron chi connectivity index (χ3n) is 5.10. The Morgan fingerprint density at radius 2 is 2.00 bits per heavy atom. The van der Waals surface area contributed by atoms with Crippen LogP contribution in [-0.2, 0) is 0 Å².